The number of carboxylic acids is 1. The van der Waals surface area contributed by atoms with Crippen molar-refractivity contribution in [2.75, 3.05) is 6.54 Å². The molecule has 0 radical (unpaired) electrons. The van der Waals surface area contributed by atoms with Gasteiger partial charge in [0.15, 0.2) is 11.6 Å². The van der Waals surface area contributed by atoms with Crippen LogP contribution in [0.2, 0.25) is 0 Å². The smallest absolute Gasteiger partial charge is 0.303 e. The zero-order valence-electron chi connectivity index (χ0n) is 11.0. The molecule has 1 aromatic rings. The van der Waals surface area contributed by atoms with Gasteiger partial charge in [0.1, 0.15) is 0 Å². The minimum absolute atomic E-state index is 0.0577. The number of rotatable bonds is 8. The summed E-state index contributed by atoms with van der Waals surface area (Å²) in [5, 5.41) is 11.1. The summed E-state index contributed by atoms with van der Waals surface area (Å²) in [5.41, 5.74) is 0.607. The third-order valence-corrected chi connectivity index (χ3v) is 2.76. The molecule has 2 N–H and O–H groups in total. The van der Waals surface area contributed by atoms with Crippen LogP contribution in [0.3, 0.4) is 0 Å². The Morgan fingerprint density at radius 1 is 1.10 bits per heavy atom. The fourth-order valence-electron chi connectivity index (χ4n) is 1.69. The van der Waals surface area contributed by atoms with Crippen LogP contribution in [0.25, 0.3) is 0 Å². The van der Waals surface area contributed by atoms with Crippen molar-refractivity contribution >= 4 is 11.9 Å². The lowest BCUT2D eigenvalue weighted by Crippen LogP contribution is -2.25. The van der Waals surface area contributed by atoms with Crippen LogP contribution in [-0.4, -0.2) is 23.5 Å². The molecule has 0 aliphatic heterocycles. The maximum atomic E-state index is 12.9. The van der Waals surface area contributed by atoms with Crippen LogP contribution in [0.5, 0.6) is 0 Å². The first-order valence-corrected chi connectivity index (χ1v) is 6.41. The molecule has 0 saturated carbocycles. The number of hydrogen-bond donors (Lipinski definition) is 2. The molecule has 0 atom stereocenters. The molecule has 0 saturated heterocycles. The number of carbonyl (C=O) groups excluding carboxylic acids is 1. The molecule has 0 unspecified atom stereocenters. The summed E-state index contributed by atoms with van der Waals surface area (Å²) in [6, 6.07) is 3.63. The van der Waals surface area contributed by atoms with Gasteiger partial charge in [0.25, 0.3) is 0 Å². The molecule has 0 bridgehead atoms. The zero-order chi connectivity index (χ0) is 15.0. The molecule has 0 aromatic heterocycles. The lowest BCUT2D eigenvalue weighted by Gasteiger charge is -2.05. The Bertz CT molecular complexity index is 477. The van der Waals surface area contributed by atoms with Gasteiger partial charge in [0.05, 0.1) is 0 Å². The number of unbranched alkanes of at least 4 members (excludes halogenated alkanes) is 1. The molecule has 0 spiro atoms. The summed E-state index contributed by atoms with van der Waals surface area (Å²) >= 11 is 0. The molecule has 4 nitrogen and oxygen atoms in total. The molecule has 1 rings (SSSR count). The first kappa shape index (κ1) is 16.1. The first-order chi connectivity index (χ1) is 9.49. The molecule has 1 aromatic carbocycles. The molecule has 0 fully saturated rings. The molecular weight excluding hydrogens is 268 g/mol. The summed E-state index contributed by atoms with van der Waals surface area (Å²) < 4.78 is 25.6. The minimum Gasteiger partial charge on any atom is -0.481 e. The maximum Gasteiger partial charge on any atom is 0.303 e. The normalized spacial score (nSPS) is 10.3. The molecule has 1 amide bonds. The predicted octanol–water partition coefficient (Wildman–Crippen LogP) is 2.27. The van der Waals surface area contributed by atoms with Gasteiger partial charge in [-0.15, -0.1) is 0 Å². The molecule has 6 heteroatoms. The lowest BCUT2D eigenvalue weighted by atomic mass is 10.1. The van der Waals surface area contributed by atoms with Crippen LogP contribution in [0, 0.1) is 11.6 Å². The van der Waals surface area contributed by atoms with Crippen molar-refractivity contribution in [3.05, 3.63) is 35.4 Å². The van der Waals surface area contributed by atoms with Gasteiger partial charge in [-0.25, -0.2) is 8.78 Å². The van der Waals surface area contributed by atoms with Gasteiger partial charge in [0.2, 0.25) is 5.91 Å². The van der Waals surface area contributed by atoms with Gasteiger partial charge < -0.3 is 10.4 Å². The number of nitrogens with one attached hydrogen (secondary N) is 1. The second-order valence-electron chi connectivity index (χ2n) is 4.45. The number of benzene rings is 1. The van der Waals surface area contributed by atoms with Crippen molar-refractivity contribution in [3.8, 4) is 0 Å². The highest BCUT2D eigenvalue weighted by atomic mass is 19.2. The third-order valence-electron chi connectivity index (χ3n) is 2.76. The zero-order valence-corrected chi connectivity index (χ0v) is 11.0. The van der Waals surface area contributed by atoms with Gasteiger partial charge in [-0.05, 0) is 37.0 Å². The SMILES string of the molecule is O=C(O)CCCCC(=O)NCCc1ccc(F)c(F)c1. The number of carbonyl (C=O) groups is 2. The predicted molar refractivity (Wildman–Crippen MR) is 69.2 cm³/mol. The van der Waals surface area contributed by atoms with Crippen LogP contribution >= 0.6 is 0 Å². The average Bonchev–Trinajstić information content (AvgIpc) is 2.39. The number of amides is 1. The van der Waals surface area contributed by atoms with Crippen LogP contribution in [0.4, 0.5) is 8.78 Å². The highest BCUT2D eigenvalue weighted by molar-refractivity contribution is 5.75. The summed E-state index contributed by atoms with van der Waals surface area (Å²) in [4.78, 5) is 21.7. The fourth-order valence-corrected chi connectivity index (χ4v) is 1.69. The number of aliphatic carboxylic acids is 1. The van der Waals surface area contributed by atoms with E-state index in [9.17, 15) is 18.4 Å². The number of hydrogen-bond acceptors (Lipinski definition) is 2. The average molecular weight is 285 g/mol. The molecule has 20 heavy (non-hydrogen) atoms. The third kappa shape index (κ3) is 6.26. The van der Waals surface area contributed by atoms with E-state index in [4.69, 9.17) is 5.11 Å². The minimum atomic E-state index is -0.900. The fraction of sp³-hybridized carbons (Fsp3) is 0.429. The molecule has 0 aliphatic rings. The summed E-state index contributed by atoms with van der Waals surface area (Å²) in [6.07, 6.45) is 1.72. The van der Waals surface area contributed by atoms with E-state index in [0.29, 0.717) is 31.4 Å². The Balaban J connectivity index is 2.18. The van der Waals surface area contributed by atoms with E-state index >= 15 is 0 Å². The Morgan fingerprint density at radius 2 is 1.80 bits per heavy atom. The van der Waals surface area contributed by atoms with Gasteiger partial charge in [-0.1, -0.05) is 6.07 Å². The van der Waals surface area contributed by atoms with E-state index in [1.807, 2.05) is 0 Å². The lowest BCUT2D eigenvalue weighted by molar-refractivity contribution is -0.137. The second-order valence-corrected chi connectivity index (χ2v) is 4.45. The molecule has 0 aliphatic carbocycles. The van der Waals surface area contributed by atoms with Crippen LogP contribution in [0.15, 0.2) is 18.2 Å². The van der Waals surface area contributed by atoms with Gasteiger partial charge in [-0.2, -0.15) is 0 Å². The first-order valence-electron chi connectivity index (χ1n) is 6.41. The Hall–Kier alpha value is -1.98. The topological polar surface area (TPSA) is 66.4 Å². The van der Waals surface area contributed by atoms with Crippen molar-refractivity contribution in [1.29, 1.82) is 0 Å². The van der Waals surface area contributed by atoms with E-state index in [1.165, 1.54) is 6.07 Å². The highest BCUT2D eigenvalue weighted by Crippen LogP contribution is 2.08. The monoisotopic (exact) mass is 285 g/mol. The summed E-state index contributed by atoms with van der Waals surface area (Å²) in [7, 11) is 0. The second kappa shape index (κ2) is 8.24. The summed E-state index contributed by atoms with van der Waals surface area (Å²) in [5.74, 6) is -2.83. The van der Waals surface area contributed by atoms with E-state index in [2.05, 4.69) is 5.32 Å². The Kier molecular flexibility index (Phi) is 6.63. The van der Waals surface area contributed by atoms with Crippen LogP contribution < -0.4 is 5.32 Å². The van der Waals surface area contributed by atoms with Crippen molar-refractivity contribution in [1.82, 2.24) is 5.32 Å². The van der Waals surface area contributed by atoms with Crippen molar-refractivity contribution in [2.24, 2.45) is 0 Å². The number of carboxylic acid groups (broad SMARTS) is 1. The quantitative estimate of drug-likeness (QED) is 0.720. The molecule has 0 heterocycles. The largest absolute Gasteiger partial charge is 0.481 e. The Morgan fingerprint density at radius 3 is 2.45 bits per heavy atom. The van der Waals surface area contributed by atoms with Gasteiger partial charge in [-0.3, -0.25) is 9.59 Å². The molecular formula is C14H17F2NO3. The van der Waals surface area contributed by atoms with E-state index in [-0.39, 0.29) is 18.7 Å². The number of halogens is 2. The summed E-state index contributed by atoms with van der Waals surface area (Å²) in [6.45, 7) is 0.336. The molecule has 110 valence electrons. The van der Waals surface area contributed by atoms with Crippen molar-refractivity contribution in [3.63, 3.8) is 0 Å². The standard InChI is InChI=1S/C14H17F2NO3/c15-11-6-5-10(9-12(11)16)7-8-17-13(18)3-1-2-4-14(19)20/h5-6,9H,1-4,7-8H2,(H,17,18)(H,19,20). The van der Waals surface area contributed by atoms with Gasteiger partial charge in [0, 0.05) is 19.4 Å². The van der Waals surface area contributed by atoms with Crippen LogP contribution in [-0.2, 0) is 16.0 Å². The highest BCUT2D eigenvalue weighted by Gasteiger charge is 2.05. The van der Waals surface area contributed by atoms with E-state index in [1.54, 1.807) is 0 Å². The van der Waals surface area contributed by atoms with Gasteiger partial charge >= 0.3 is 5.97 Å². The van der Waals surface area contributed by atoms with Crippen molar-refractivity contribution in [2.45, 2.75) is 32.1 Å². The van der Waals surface area contributed by atoms with E-state index < -0.39 is 17.6 Å². The van der Waals surface area contributed by atoms with Crippen LogP contribution in [0.1, 0.15) is 31.2 Å². The maximum absolute atomic E-state index is 12.9. The van der Waals surface area contributed by atoms with E-state index in [0.717, 1.165) is 12.1 Å². The van der Waals surface area contributed by atoms with Crippen molar-refractivity contribution < 1.29 is 23.5 Å². The Labute approximate surface area is 115 Å².